The number of H-pyrrole nitrogens is 2. The quantitative estimate of drug-likeness (QED) is 0.268. The molecular weight excluding hydrogens is 479 g/mol. The van der Waals surface area contributed by atoms with Crippen LogP contribution in [0, 0.1) is 12.7 Å². The summed E-state index contributed by atoms with van der Waals surface area (Å²) in [6.45, 7) is 3.30. The highest BCUT2D eigenvalue weighted by Crippen LogP contribution is 2.35. The highest BCUT2D eigenvalue weighted by molar-refractivity contribution is 6.00. The van der Waals surface area contributed by atoms with E-state index in [0.717, 1.165) is 73.4 Å². The van der Waals surface area contributed by atoms with Gasteiger partial charge in [-0.2, -0.15) is 5.10 Å². The third-order valence-electron chi connectivity index (χ3n) is 6.54. The van der Waals surface area contributed by atoms with E-state index >= 15 is 0 Å². The van der Waals surface area contributed by atoms with Gasteiger partial charge in [-0.3, -0.25) is 15.1 Å². The molecule has 0 spiro atoms. The molecule has 2 aromatic carbocycles. The molecule has 4 aromatic heterocycles. The van der Waals surface area contributed by atoms with Crippen LogP contribution in [-0.2, 0) is 0 Å². The van der Waals surface area contributed by atoms with E-state index in [4.69, 9.17) is 4.74 Å². The summed E-state index contributed by atoms with van der Waals surface area (Å²) in [6.07, 6.45) is 5.30. The second-order valence-electron chi connectivity index (χ2n) is 9.71. The minimum Gasteiger partial charge on any atom is -0.491 e. The van der Waals surface area contributed by atoms with Crippen LogP contribution in [0.3, 0.4) is 0 Å². The van der Waals surface area contributed by atoms with E-state index in [1.165, 1.54) is 12.1 Å². The third-order valence-corrected chi connectivity index (χ3v) is 6.54. The topological polar surface area (TPSA) is 82.7 Å². The van der Waals surface area contributed by atoms with E-state index in [9.17, 15) is 4.39 Å². The lowest BCUT2D eigenvalue weighted by atomic mass is 10.0. The molecule has 0 bridgehead atoms. The van der Waals surface area contributed by atoms with Crippen LogP contribution in [0.25, 0.3) is 55.6 Å². The number of aryl methyl sites for hydroxylation is 1. The third kappa shape index (κ3) is 4.62. The monoisotopic (exact) mass is 506 g/mol. The summed E-state index contributed by atoms with van der Waals surface area (Å²) >= 11 is 0. The van der Waals surface area contributed by atoms with Gasteiger partial charge in [0.2, 0.25) is 0 Å². The zero-order valence-electron chi connectivity index (χ0n) is 21.4. The molecule has 0 fully saturated rings. The predicted molar refractivity (Wildman–Crippen MR) is 149 cm³/mol. The van der Waals surface area contributed by atoms with Crippen LogP contribution in [0.2, 0.25) is 0 Å². The molecule has 0 aliphatic heterocycles. The Morgan fingerprint density at radius 2 is 1.74 bits per heavy atom. The van der Waals surface area contributed by atoms with Gasteiger partial charge in [0, 0.05) is 46.4 Å². The number of halogens is 1. The molecule has 6 rings (SSSR count). The number of aromatic amines is 2. The minimum atomic E-state index is -0.276. The Labute approximate surface area is 219 Å². The molecule has 0 unspecified atom stereocenters. The maximum Gasteiger partial charge on any atom is 0.138 e. The highest BCUT2D eigenvalue weighted by Gasteiger charge is 2.16. The number of fused-ring (bicyclic) bond motifs is 2. The van der Waals surface area contributed by atoms with Crippen molar-refractivity contribution in [2.24, 2.45) is 0 Å². The molecule has 0 radical (unpaired) electrons. The largest absolute Gasteiger partial charge is 0.491 e. The molecular formula is C30H27FN6O. The normalized spacial score (nSPS) is 11.6. The van der Waals surface area contributed by atoms with Crippen molar-refractivity contribution >= 4 is 21.8 Å². The molecule has 4 heterocycles. The summed E-state index contributed by atoms with van der Waals surface area (Å²) in [7, 11) is 4.03. The van der Waals surface area contributed by atoms with Gasteiger partial charge in [0.15, 0.2) is 0 Å². The second kappa shape index (κ2) is 9.72. The first kappa shape index (κ1) is 23.8. The van der Waals surface area contributed by atoms with Gasteiger partial charge < -0.3 is 14.6 Å². The van der Waals surface area contributed by atoms with Crippen molar-refractivity contribution in [3.8, 4) is 39.5 Å². The molecule has 0 saturated carbocycles. The van der Waals surface area contributed by atoms with Crippen molar-refractivity contribution in [3.05, 3.63) is 84.6 Å². The Bertz CT molecular complexity index is 1750. The Kier molecular flexibility index (Phi) is 6.09. The molecule has 0 amide bonds. The van der Waals surface area contributed by atoms with Crippen LogP contribution in [-0.4, -0.2) is 57.3 Å². The lowest BCUT2D eigenvalue weighted by Gasteiger charge is -2.11. The van der Waals surface area contributed by atoms with Crippen LogP contribution in [0.5, 0.6) is 5.75 Å². The summed E-state index contributed by atoms with van der Waals surface area (Å²) < 4.78 is 20.0. The number of benzene rings is 2. The number of hydrogen-bond acceptors (Lipinski definition) is 5. The molecule has 7 nitrogen and oxygen atoms in total. The van der Waals surface area contributed by atoms with Gasteiger partial charge in [-0.05, 0) is 80.7 Å². The number of rotatable bonds is 7. The standard InChI is InChI=1S/C30H27FN6O/c1-18-10-20(12-22(31)11-18)29-25-15-28(34-26(25)6-7-33-29)30-24-14-19(4-5-27(24)35-36-30)21-13-23(17-32-16-21)38-9-8-37(2)3/h4-7,10-17,34H,8-9H2,1-3H3,(H,35,36). The molecule has 2 N–H and O–H groups in total. The van der Waals surface area contributed by atoms with Crippen LogP contribution in [0.4, 0.5) is 4.39 Å². The van der Waals surface area contributed by atoms with Gasteiger partial charge in [-0.25, -0.2) is 4.39 Å². The first-order valence-electron chi connectivity index (χ1n) is 12.4. The smallest absolute Gasteiger partial charge is 0.138 e. The molecule has 0 atom stereocenters. The van der Waals surface area contributed by atoms with Gasteiger partial charge in [0.05, 0.1) is 23.1 Å². The van der Waals surface area contributed by atoms with Gasteiger partial charge >= 0.3 is 0 Å². The maximum atomic E-state index is 14.1. The van der Waals surface area contributed by atoms with Gasteiger partial charge in [-0.15, -0.1) is 0 Å². The zero-order chi connectivity index (χ0) is 26.2. The molecule has 8 heteroatoms. The van der Waals surface area contributed by atoms with Crippen LogP contribution in [0.1, 0.15) is 5.56 Å². The number of likely N-dealkylation sites (N-methyl/N-ethyl adjacent to an activating group) is 1. The van der Waals surface area contributed by atoms with Crippen molar-refractivity contribution in [3.63, 3.8) is 0 Å². The molecule has 38 heavy (non-hydrogen) atoms. The summed E-state index contributed by atoms with van der Waals surface area (Å²) in [6, 6.07) is 17.1. The van der Waals surface area contributed by atoms with Gasteiger partial charge in [-0.1, -0.05) is 6.07 Å². The molecule has 6 aromatic rings. The Balaban J connectivity index is 1.38. The average molecular weight is 507 g/mol. The van der Waals surface area contributed by atoms with Crippen molar-refractivity contribution in [2.45, 2.75) is 6.92 Å². The second-order valence-corrected chi connectivity index (χ2v) is 9.71. The fraction of sp³-hybridized carbons (Fsp3) is 0.167. The van der Waals surface area contributed by atoms with Gasteiger partial charge in [0.1, 0.15) is 23.9 Å². The molecule has 0 aliphatic carbocycles. The zero-order valence-corrected chi connectivity index (χ0v) is 21.4. The first-order valence-corrected chi connectivity index (χ1v) is 12.4. The Morgan fingerprint density at radius 3 is 2.58 bits per heavy atom. The van der Waals surface area contributed by atoms with E-state index in [2.05, 4.69) is 36.1 Å². The van der Waals surface area contributed by atoms with Crippen LogP contribution < -0.4 is 4.74 Å². The predicted octanol–water partition coefficient (Wildman–Crippen LogP) is 6.22. The molecule has 0 aliphatic rings. The average Bonchev–Trinajstić information content (AvgIpc) is 3.51. The van der Waals surface area contributed by atoms with Crippen molar-refractivity contribution in [2.75, 3.05) is 27.2 Å². The number of hydrogen-bond donors (Lipinski definition) is 2. The van der Waals surface area contributed by atoms with Crippen molar-refractivity contribution in [1.82, 2.24) is 30.0 Å². The van der Waals surface area contributed by atoms with Crippen molar-refractivity contribution < 1.29 is 9.13 Å². The lowest BCUT2D eigenvalue weighted by molar-refractivity contribution is 0.261. The van der Waals surface area contributed by atoms with E-state index in [-0.39, 0.29) is 5.82 Å². The maximum absolute atomic E-state index is 14.1. The minimum absolute atomic E-state index is 0.276. The van der Waals surface area contributed by atoms with Crippen LogP contribution >= 0.6 is 0 Å². The fourth-order valence-corrected chi connectivity index (χ4v) is 4.69. The summed E-state index contributed by atoms with van der Waals surface area (Å²) in [5.74, 6) is 0.460. The molecule has 190 valence electrons. The summed E-state index contributed by atoms with van der Waals surface area (Å²) in [5.41, 5.74) is 7.78. The number of ether oxygens (including phenoxy) is 1. The fourth-order valence-electron chi connectivity index (χ4n) is 4.69. The van der Waals surface area contributed by atoms with Crippen LogP contribution in [0.15, 0.2) is 73.2 Å². The Morgan fingerprint density at radius 1 is 0.868 bits per heavy atom. The lowest BCUT2D eigenvalue weighted by Crippen LogP contribution is -2.19. The van der Waals surface area contributed by atoms with Crippen molar-refractivity contribution in [1.29, 1.82) is 0 Å². The summed E-state index contributed by atoms with van der Waals surface area (Å²) in [5, 5.41) is 9.64. The number of nitrogens with one attached hydrogen (secondary N) is 2. The highest BCUT2D eigenvalue weighted by atomic mass is 19.1. The van der Waals surface area contributed by atoms with Gasteiger partial charge in [0.25, 0.3) is 0 Å². The van der Waals surface area contributed by atoms with E-state index in [1.54, 1.807) is 12.4 Å². The number of nitrogens with zero attached hydrogens (tertiary/aromatic N) is 4. The van der Waals surface area contributed by atoms with E-state index in [1.807, 2.05) is 63.6 Å². The van der Waals surface area contributed by atoms with E-state index < -0.39 is 0 Å². The number of aromatic nitrogens is 5. The molecule has 0 saturated heterocycles. The SMILES string of the molecule is Cc1cc(F)cc(-c2nccc3[nH]c(-c4n[nH]c5ccc(-c6cncc(OCCN(C)C)c6)cc45)cc23)c1. The number of pyridine rings is 2. The first-order chi connectivity index (χ1) is 18.4. The summed E-state index contributed by atoms with van der Waals surface area (Å²) in [4.78, 5) is 14.5. The Hall–Kier alpha value is -4.56. The van der Waals surface area contributed by atoms with E-state index in [0.29, 0.717) is 6.61 Å².